The minimum atomic E-state index is -0.371. The van der Waals surface area contributed by atoms with Crippen molar-refractivity contribution < 1.29 is 28.2 Å². The second kappa shape index (κ2) is 9.24. The maximum Gasteiger partial charge on any atom is 0.224 e. The molecule has 7 heteroatoms. The predicted molar refractivity (Wildman–Crippen MR) is 123 cm³/mol. The Labute approximate surface area is 191 Å². The van der Waals surface area contributed by atoms with E-state index in [1.54, 1.807) is 36.6 Å². The Hall–Kier alpha value is -4.00. The second-order valence-corrected chi connectivity index (χ2v) is 7.66. The summed E-state index contributed by atoms with van der Waals surface area (Å²) in [5, 5.41) is 13.0. The third kappa shape index (κ3) is 4.48. The van der Waals surface area contributed by atoms with Gasteiger partial charge in [0.05, 0.1) is 33.4 Å². The van der Waals surface area contributed by atoms with Crippen molar-refractivity contribution in [2.24, 2.45) is 0 Å². The van der Waals surface area contributed by atoms with Crippen molar-refractivity contribution in [2.75, 3.05) is 14.2 Å². The number of phenols is 1. The van der Waals surface area contributed by atoms with Gasteiger partial charge in [-0.25, -0.2) is 4.39 Å². The predicted octanol–water partition coefficient (Wildman–Crippen LogP) is 5.18. The molecule has 1 amide bonds. The van der Waals surface area contributed by atoms with Gasteiger partial charge in [-0.1, -0.05) is 6.07 Å². The molecule has 1 aromatic heterocycles. The number of carbonyl (C=O) groups is 1. The Bertz CT molecular complexity index is 1230. The molecule has 1 aliphatic rings. The van der Waals surface area contributed by atoms with Gasteiger partial charge in [-0.3, -0.25) is 4.79 Å². The van der Waals surface area contributed by atoms with Gasteiger partial charge in [0.25, 0.3) is 0 Å². The molecule has 6 nitrogen and oxygen atoms in total. The summed E-state index contributed by atoms with van der Waals surface area (Å²) in [5.74, 6) is 0.560. The van der Waals surface area contributed by atoms with E-state index in [-0.39, 0.29) is 41.9 Å². The summed E-state index contributed by atoms with van der Waals surface area (Å²) in [6.07, 6.45) is 3.56. The van der Waals surface area contributed by atoms with Crippen molar-refractivity contribution in [1.82, 2.24) is 5.32 Å². The average molecular weight is 449 g/mol. The van der Waals surface area contributed by atoms with Crippen LogP contribution >= 0.6 is 0 Å². The van der Waals surface area contributed by atoms with E-state index in [9.17, 15) is 14.3 Å². The molecule has 0 aliphatic heterocycles. The summed E-state index contributed by atoms with van der Waals surface area (Å²) in [6, 6.07) is 11.5. The molecule has 0 saturated heterocycles. The fourth-order valence-corrected chi connectivity index (χ4v) is 3.97. The number of methoxy groups -OCH3 is 2. The Morgan fingerprint density at radius 2 is 1.85 bits per heavy atom. The van der Waals surface area contributed by atoms with Gasteiger partial charge in [0.1, 0.15) is 11.6 Å². The average Bonchev–Trinajstić information content (AvgIpc) is 3.41. The van der Waals surface area contributed by atoms with Crippen LogP contribution in [0.3, 0.4) is 0 Å². The monoisotopic (exact) mass is 449 g/mol. The summed E-state index contributed by atoms with van der Waals surface area (Å²) in [7, 11) is 2.92. The van der Waals surface area contributed by atoms with E-state index in [1.165, 1.54) is 26.4 Å². The number of ether oxygens (including phenoxy) is 2. The number of aromatic hydroxyl groups is 1. The molecule has 33 heavy (non-hydrogen) atoms. The maximum absolute atomic E-state index is 14.1. The summed E-state index contributed by atoms with van der Waals surface area (Å²) in [6.45, 7) is 2.19. The molecule has 170 valence electrons. The number of nitrogens with one attached hydrogen (secondary N) is 1. The molecule has 1 aliphatic carbocycles. The summed E-state index contributed by atoms with van der Waals surface area (Å²) in [4.78, 5) is 12.6. The summed E-state index contributed by atoms with van der Waals surface area (Å²) < 4.78 is 29.9. The minimum absolute atomic E-state index is 0.0859. The first kappa shape index (κ1) is 22.2. The van der Waals surface area contributed by atoms with Crippen molar-refractivity contribution in [1.29, 1.82) is 0 Å². The summed E-state index contributed by atoms with van der Waals surface area (Å²) in [5.41, 5.74) is 4.72. The number of allylic oxidation sites excluding steroid dienone is 2. The van der Waals surface area contributed by atoms with Crippen molar-refractivity contribution >= 4 is 23.1 Å². The van der Waals surface area contributed by atoms with Gasteiger partial charge in [0.15, 0.2) is 11.5 Å². The molecule has 0 unspecified atom stereocenters. The zero-order chi connectivity index (χ0) is 23.5. The van der Waals surface area contributed by atoms with Crippen molar-refractivity contribution in [3.05, 3.63) is 82.6 Å². The van der Waals surface area contributed by atoms with Gasteiger partial charge in [-0.05, 0) is 82.8 Å². The Kier molecular flexibility index (Phi) is 6.22. The van der Waals surface area contributed by atoms with E-state index in [4.69, 9.17) is 13.9 Å². The lowest BCUT2D eigenvalue weighted by molar-refractivity contribution is -0.120. The van der Waals surface area contributed by atoms with Crippen molar-refractivity contribution in [3.63, 3.8) is 0 Å². The number of fused-ring (bicyclic) bond motifs is 1. The molecule has 2 N–H and O–H groups in total. The quantitative estimate of drug-likeness (QED) is 0.520. The van der Waals surface area contributed by atoms with Crippen molar-refractivity contribution in [3.8, 4) is 17.2 Å². The first-order valence-corrected chi connectivity index (χ1v) is 10.4. The van der Waals surface area contributed by atoms with Crippen molar-refractivity contribution in [2.45, 2.75) is 19.9 Å². The number of phenolic OH excluding ortho intramolecular Hbond substituents is 1. The van der Waals surface area contributed by atoms with Crippen LogP contribution in [0.5, 0.6) is 17.2 Å². The second-order valence-electron chi connectivity index (χ2n) is 7.66. The van der Waals surface area contributed by atoms with Crippen LogP contribution in [0.15, 0.2) is 58.7 Å². The van der Waals surface area contributed by atoms with Gasteiger partial charge in [0, 0.05) is 0 Å². The highest BCUT2D eigenvalue weighted by Crippen LogP contribution is 2.45. The molecule has 1 heterocycles. The van der Waals surface area contributed by atoms with Crippen LogP contribution < -0.4 is 14.8 Å². The molecule has 4 rings (SSSR count). The first-order chi connectivity index (χ1) is 15.9. The molecule has 0 bridgehead atoms. The zero-order valence-corrected chi connectivity index (χ0v) is 18.6. The molecule has 0 fully saturated rings. The molecule has 2 aromatic carbocycles. The zero-order valence-electron chi connectivity index (χ0n) is 18.6. The lowest BCUT2D eigenvalue weighted by Crippen LogP contribution is -2.22. The molecule has 3 aromatic rings. The minimum Gasteiger partial charge on any atom is -0.502 e. The topological polar surface area (TPSA) is 80.9 Å². The third-order valence-corrected chi connectivity index (χ3v) is 5.64. The van der Waals surface area contributed by atoms with E-state index < -0.39 is 0 Å². The van der Waals surface area contributed by atoms with E-state index in [1.807, 2.05) is 13.0 Å². The van der Waals surface area contributed by atoms with E-state index in [0.29, 0.717) is 11.3 Å². The molecule has 0 atom stereocenters. The number of halogens is 1. The van der Waals surface area contributed by atoms with Crippen LogP contribution in [0.2, 0.25) is 0 Å². The standard InChI is InChI=1S/C26H24FNO5/c1-15-20(9-16-10-23(31-2)26(30)24(11-16)32-3)19-7-6-17(27)12-22(19)21(15)13-25(29)28-14-18-5-4-8-33-18/h4-12,30H,13-14H2,1-3H3,(H,28,29)/b20-9-. The largest absolute Gasteiger partial charge is 0.502 e. The van der Waals surface area contributed by atoms with Gasteiger partial charge < -0.3 is 24.3 Å². The number of hydrogen-bond donors (Lipinski definition) is 2. The van der Waals surface area contributed by atoms with Crippen LogP contribution in [-0.2, 0) is 11.3 Å². The fourth-order valence-electron chi connectivity index (χ4n) is 3.97. The van der Waals surface area contributed by atoms with E-state index >= 15 is 0 Å². The number of rotatable bonds is 7. The maximum atomic E-state index is 14.1. The molecule has 0 radical (unpaired) electrons. The highest BCUT2D eigenvalue weighted by atomic mass is 19.1. The molecule has 0 spiro atoms. The molecule has 0 saturated carbocycles. The number of benzene rings is 2. The summed E-state index contributed by atoms with van der Waals surface area (Å²) >= 11 is 0. The van der Waals surface area contributed by atoms with Crippen LogP contribution in [0.4, 0.5) is 4.39 Å². The molecular formula is C26H24FNO5. The smallest absolute Gasteiger partial charge is 0.224 e. The highest BCUT2D eigenvalue weighted by molar-refractivity contribution is 6.08. The fraction of sp³-hybridized carbons (Fsp3) is 0.192. The van der Waals surface area contributed by atoms with Crippen LogP contribution in [0.25, 0.3) is 17.2 Å². The Balaban J connectivity index is 1.70. The lowest BCUT2D eigenvalue weighted by atomic mass is 10.00. The highest BCUT2D eigenvalue weighted by Gasteiger charge is 2.26. The lowest BCUT2D eigenvalue weighted by Gasteiger charge is -2.11. The van der Waals surface area contributed by atoms with E-state index in [2.05, 4.69) is 5.32 Å². The van der Waals surface area contributed by atoms with Gasteiger partial charge >= 0.3 is 0 Å². The molecular weight excluding hydrogens is 425 g/mol. The third-order valence-electron chi connectivity index (χ3n) is 5.64. The number of furan rings is 1. The SMILES string of the molecule is COc1cc(/C=C2/C(C)=C(CC(=O)NCc3ccco3)c3cc(F)ccc32)cc(OC)c1O. The van der Waals surface area contributed by atoms with Crippen LogP contribution in [0.1, 0.15) is 35.8 Å². The van der Waals surface area contributed by atoms with Gasteiger partial charge in [0.2, 0.25) is 11.7 Å². The van der Waals surface area contributed by atoms with Crippen LogP contribution in [-0.4, -0.2) is 25.2 Å². The Morgan fingerprint density at radius 1 is 1.12 bits per heavy atom. The van der Waals surface area contributed by atoms with E-state index in [0.717, 1.165) is 27.8 Å². The van der Waals surface area contributed by atoms with Gasteiger partial charge in [-0.2, -0.15) is 0 Å². The van der Waals surface area contributed by atoms with Crippen LogP contribution in [0, 0.1) is 5.82 Å². The number of carbonyl (C=O) groups excluding carboxylic acids is 1. The normalized spacial score (nSPS) is 13.9. The number of amides is 1. The van der Waals surface area contributed by atoms with Gasteiger partial charge in [-0.15, -0.1) is 0 Å². The number of hydrogen-bond acceptors (Lipinski definition) is 5. The Morgan fingerprint density at radius 3 is 2.48 bits per heavy atom. The first-order valence-electron chi connectivity index (χ1n) is 10.4.